The minimum Gasteiger partial charge on any atom is -0.480 e. The molecule has 1 rings (SSSR count). The number of carbonyl (C=O) groups is 1. The third-order valence-corrected chi connectivity index (χ3v) is 1.78. The number of aromatic nitrogens is 2. The molecule has 80 valence electrons. The van der Waals surface area contributed by atoms with Crippen LogP contribution in [0, 0.1) is 10.1 Å². The lowest BCUT2D eigenvalue weighted by Crippen LogP contribution is -2.29. The van der Waals surface area contributed by atoms with Gasteiger partial charge in [-0.1, -0.05) is 0 Å². The van der Waals surface area contributed by atoms with Crippen LogP contribution < -0.4 is 5.69 Å². The van der Waals surface area contributed by atoms with Crippen molar-refractivity contribution in [2.24, 2.45) is 0 Å². The number of hydrogen-bond acceptors (Lipinski definition) is 5. The Bertz CT molecular complexity index is 466. The summed E-state index contributed by atoms with van der Waals surface area (Å²) in [4.78, 5) is 34.5. The first-order valence-corrected chi connectivity index (χ1v) is 3.89. The Balaban J connectivity index is 3.28. The fraction of sp³-hybridized carbons (Fsp3) is 0.286. The molecule has 8 heteroatoms. The third-order valence-electron chi connectivity index (χ3n) is 1.78. The summed E-state index contributed by atoms with van der Waals surface area (Å²) in [7, 11) is 0. The minimum absolute atomic E-state index is 0.428. The fourth-order valence-electron chi connectivity index (χ4n) is 0.910. The third kappa shape index (κ3) is 2.16. The second-order valence-corrected chi connectivity index (χ2v) is 2.77. The lowest BCUT2D eigenvalue weighted by molar-refractivity contribution is -0.385. The van der Waals surface area contributed by atoms with Gasteiger partial charge < -0.3 is 5.11 Å². The van der Waals surface area contributed by atoms with Gasteiger partial charge in [0.05, 0.1) is 11.1 Å². The Kier molecular flexibility index (Phi) is 2.79. The standard InChI is InChI=1S/C7H7N3O5/c1-4(6(11)12)9-3-5(10(14)15)2-8-7(9)13/h2-4H,1H3,(H,11,12)/t4-/m1/s1. The molecule has 0 saturated carbocycles. The molecule has 1 aromatic rings. The number of hydrogen-bond donors (Lipinski definition) is 1. The highest BCUT2D eigenvalue weighted by atomic mass is 16.6. The molecule has 1 aromatic heterocycles. The molecule has 0 saturated heterocycles. The summed E-state index contributed by atoms with van der Waals surface area (Å²) in [6.07, 6.45) is 1.64. The SMILES string of the molecule is C[C@H](C(=O)O)n1cc([N+](=O)[O-])cnc1=O. The van der Waals surface area contributed by atoms with E-state index in [0.29, 0.717) is 4.57 Å². The van der Waals surface area contributed by atoms with Gasteiger partial charge in [0.1, 0.15) is 12.2 Å². The first-order valence-electron chi connectivity index (χ1n) is 3.89. The van der Waals surface area contributed by atoms with E-state index in [1.54, 1.807) is 0 Å². The van der Waals surface area contributed by atoms with Gasteiger partial charge in [0.25, 0.3) is 0 Å². The summed E-state index contributed by atoms with van der Waals surface area (Å²) in [5, 5.41) is 19.0. The molecule has 0 aromatic carbocycles. The van der Waals surface area contributed by atoms with Crippen LogP contribution in [-0.2, 0) is 4.79 Å². The first kappa shape index (κ1) is 10.8. The van der Waals surface area contributed by atoms with Crippen molar-refractivity contribution >= 4 is 11.7 Å². The predicted molar refractivity (Wildman–Crippen MR) is 47.5 cm³/mol. The van der Waals surface area contributed by atoms with Crippen LogP contribution in [0.15, 0.2) is 17.2 Å². The topological polar surface area (TPSA) is 115 Å². The van der Waals surface area contributed by atoms with Crippen LogP contribution >= 0.6 is 0 Å². The number of aliphatic carboxylic acids is 1. The summed E-state index contributed by atoms with van der Waals surface area (Å²) >= 11 is 0. The molecule has 0 bridgehead atoms. The van der Waals surface area contributed by atoms with E-state index in [2.05, 4.69) is 4.98 Å². The molecule has 1 heterocycles. The molecule has 1 atom stereocenters. The summed E-state index contributed by atoms with van der Waals surface area (Å²) in [5.41, 5.74) is -1.27. The van der Waals surface area contributed by atoms with E-state index in [1.165, 1.54) is 6.92 Å². The maximum Gasteiger partial charge on any atom is 0.348 e. The molecular formula is C7H7N3O5. The van der Waals surface area contributed by atoms with Crippen molar-refractivity contribution in [2.75, 3.05) is 0 Å². The number of carboxylic acids is 1. The van der Waals surface area contributed by atoms with E-state index in [0.717, 1.165) is 12.4 Å². The Morgan fingerprint density at radius 1 is 1.73 bits per heavy atom. The van der Waals surface area contributed by atoms with Crippen LogP contribution in [0.4, 0.5) is 5.69 Å². The smallest absolute Gasteiger partial charge is 0.348 e. The van der Waals surface area contributed by atoms with Crippen molar-refractivity contribution < 1.29 is 14.8 Å². The van der Waals surface area contributed by atoms with Crippen LogP contribution in [0.3, 0.4) is 0 Å². The van der Waals surface area contributed by atoms with Gasteiger partial charge in [-0.25, -0.2) is 9.59 Å². The Morgan fingerprint density at radius 3 is 2.80 bits per heavy atom. The number of rotatable bonds is 3. The number of carboxylic acid groups (broad SMARTS) is 1. The molecule has 0 aliphatic carbocycles. The van der Waals surface area contributed by atoms with Crippen LogP contribution in [0.1, 0.15) is 13.0 Å². The largest absolute Gasteiger partial charge is 0.480 e. The van der Waals surface area contributed by atoms with E-state index in [1.807, 2.05) is 0 Å². The van der Waals surface area contributed by atoms with Gasteiger partial charge in [0.15, 0.2) is 0 Å². The molecule has 0 fully saturated rings. The highest BCUT2D eigenvalue weighted by Crippen LogP contribution is 2.09. The molecule has 8 nitrogen and oxygen atoms in total. The van der Waals surface area contributed by atoms with E-state index in [-0.39, 0.29) is 0 Å². The van der Waals surface area contributed by atoms with Crippen molar-refractivity contribution in [1.82, 2.24) is 9.55 Å². The van der Waals surface area contributed by atoms with Crippen molar-refractivity contribution in [1.29, 1.82) is 0 Å². The molecule has 0 aliphatic heterocycles. The molecule has 15 heavy (non-hydrogen) atoms. The van der Waals surface area contributed by atoms with Crippen molar-refractivity contribution in [3.05, 3.63) is 33.0 Å². The van der Waals surface area contributed by atoms with E-state index < -0.39 is 28.3 Å². The zero-order valence-corrected chi connectivity index (χ0v) is 7.65. The molecular weight excluding hydrogens is 206 g/mol. The van der Waals surface area contributed by atoms with Crippen molar-refractivity contribution in [3.8, 4) is 0 Å². The lowest BCUT2D eigenvalue weighted by Gasteiger charge is -2.08. The zero-order chi connectivity index (χ0) is 11.6. The molecule has 0 unspecified atom stereocenters. The second-order valence-electron chi connectivity index (χ2n) is 2.77. The fourth-order valence-corrected chi connectivity index (χ4v) is 0.910. The minimum atomic E-state index is -1.26. The van der Waals surface area contributed by atoms with Crippen LogP contribution in [0.2, 0.25) is 0 Å². The van der Waals surface area contributed by atoms with Gasteiger partial charge in [-0.05, 0) is 6.92 Å². The number of nitro groups is 1. The molecule has 1 N–H and O–H groups in total. The van der Waals surface area contributed by atoms with Crippen LogP contribution in [0.25, 0.3) is 0 Å². The molecule has 0 radical (unpaired) electrons. The molecule has 0 aliphatic rings. The highest BCUT2D eigenvalue weighted by Gasteiger charge is 2.18. The molecule has 0 amide bonds. The summed E-state index contributed by atoms with van der Waals surface area (Å²) in [6, 6.07) is -1.19. The van der Waals surface area contributed by atoms with Gasteiger partial charge in [-0.3, -0.25) is 14.7 Å². The van der Waals surface area contributed by atoms with E-state index in [9.17, 15) is 19.7 Å². The predicted octanol–water partition coefficient (Wildman–Crippen LogP) is -0.203. The van der Waals surface area contributed by atoms with Crippen LogP contribution in [0.5, 0.6) is 0 Å². The van der Waals surface area contributed by atoms with Crippen molar-refractivity contribution in [2.45, 2.75) is 13.0 Å². The average molecular weight is 213 g/mol. The van der Waals surface area contributed by atoms with E-state index in [4.69, 9.17) is 5.11 Å². The maximum absolute atomic E-state index is 11.1. The highest BCUT2D eigenvalue weighted by molar-refractivity contribution is 5.71. The first-order chi connectivity index (χ1) is 6.93. The Hall–Kier alpha value is -2.25. The lowest BCUT2D eigenvalue weighted by atomic mass is 10.3. The molecule has 0 spiro atoms. The maximum atomic E-state index is 11.1. The van der Waals surface area contributed by atoms with Gasteiger partial charge >= 0.3 is 17.3 Å². The van der Waals surface area contributed by atoms with Crippen LogP contribution in [-0.4, -0.2) is 25.6 Å². The summed E-state index contributed by atoms with van der Waals surface area (Å²) in [6.45, 7) is 1.23. The van der Waals surface area contributed by atoms with Crippen molar-refractivity contribution in [3.63, 3.8) is 0 Å². The second kappa shape index (κ2) is 3.86. The average Bonchev–Trinajstić information content (AvgIpc) is 2.16. The van der Waals surface area contributed by atoms with Gasteiger partial charge in [0.2, 0.25) is 0 Å². The monoisotopic (exact) mass is 213 g/mol. The Labute approximate surface area is 82.9 Å². The van der Waals surface area contributed by atoms with E-state index >= 15 is 0 Å². The van der Waals surface area contributed by atoms with Gasteiger partial charge in [-0.2, -0.15) is 4.98 Å². The van der Waals surface area contributed by atoms with Gasteiger partial charge in [-0.15, -0.1) is 0 Å². The quantitative estimate of drug-likeness (QED) is 0.548. The number of nitrogens with zero attached hydrogens (tertiary/aromatic N) is 3. The summed E-state index contributed by atoms with van der Waals surface area (Å²) < 4.78 is 0.695. The zero-order valence-electron chi connectivity index (χ0n) is 7.65. The Morgan fingerprint density at radius 2 is 2.33 bits per heavy atom. The van der Waals surface area contributed by atoms with Gasteiger partial charge in [0, 0.05) is 0 Å². The summed E-state index contributed by atoms with van der Waals surface area (Å²) in [5.74, 6) is -1.26. The normalized spacial score (nSPS) is 12.1.